The van der Waals surface area contributed by atoms with Crippen LogP contribution in [-0.2, 0) is 27.4 Å². The Bertz CT molecular complexity index is 1200. The summed E-state index contributed by atoms with van der Waals surface area (Å²) in [4.78, 5) is 41.7. The molecule has 0 bridgehead atoms. The highest BCUT2D eigenvalue weighted by molar-refractivity contribution is 8.01. The summed E-state index contributed by atoms with van der Waals surface area (Å²) in [6, 6.07) is 10.2. The Morgan fingerprint density at radius 2 is 1.77 bits per heavy atom. The van der Waals surface area contributed by atoms with Gasteiger partial charge in [-0.2, -0.15) is 0 Å². The number of piperidine rings is 1. The molecule has 9 nitrogen and oxygen atoms in total. The van der Waals surface area contributed by atoms with Gasteiger partial charge in [0.05, 0.1) is 11.5 Å². The van der Waals surface area contributed by atoms with Crippen LogP contribution in [-0.4, -0.2) is 82.3 Å². The number of halogens is 2. The maximum Gasteiger partial charge on any atom is 0.411 e. The Kier molecular flexibility index (Phi) is 10.1. The number of thioether (sulfide) groups is 1. The number of hydrogen-bond acceptors (Lipinski definition) is 7. The number of ether oxygens (including phenoxy) is 2. The van der Waals surface area contributed by atoms with Crippen molar-refractivity contribution >= 4 is 52.9 Å². The van der Waals surface area contributed by atoms with E-state index in [0.29, 0.717) is 45.5 Å². The summed E-state index contributed by atoms with van der Waals surface area (Å²) in [6.07, 6.45) is 0.928. The lowest BCUT2D eigenvalue weighted by Crippen LogP contribution is -2.59. The predicted octanol–water partition coefficient (Wildman–Crippen LogP) is 4.68. The average molecular weight is 611 g/mol. The minimum atomic E-state index is -1.18. The third-order valence-corrected chi connectivity index (χ3v) is 9.55. The summed E-state index contributed by atoms with van der Waals surface area (Å²) < 4.78 is 11.1. The molecule has 2 fully saturated rings. The van der Waals surface area contributed by atoms with Crippen molar-refractivity contribution in [2.24, 2.45) is 0 Å². The molecular formula is C28H33Cl2N3O6S. The number of nitrogens with zero attached hydrogens (tertiary/aromatic N) is 2. The van der Waals surface area contributed by atoms with E-state index in [4.69, 9.17) is 32.7 Å². The Morgan fingerprint density at radius 1 is 1.12 bits per heavy atom. The van der Waals surface area contributed by atoms with Crippen LogP contribution in [0.3, 0.4) is 0 Å². The fraction of sp³-hybridized carbons (Fsp3) is 0.464. The minimum absolute atomic E-state index is 0.0624. The highest BCUT2D eigenvalue weighted by Gasteiger charge is 2.54. The number of amides is 2. The van der Waals surface area contributed by atoms with E-state index in [1.807, 2.05) is 7.05 Å². The first-order valence-electron chi connectivity index (χ1n) is 13.1. The van der Waals surface area contributed by atoms with Gasteiger partial charge in [-0.3, -0.25) is 9.69 Å². The summed E-state index contributed by atoms with van der Waals surface area (Å²) in [5, 5.41) is 13.6. The molecule has 0 aromatic heterocycles. The summed E-state index contributed by atoms with van der Waals surface area (Å²) in [5.74, 6) is -0.723. The highest BCUT2D eigenvalue weighted by Crippen LogP contribution is 2.47. The fourth-order valence-electron chi connectivity index (χ4n) is 4.95. The molecule has 4 rings (SSSR count). The zero-order chi connectivity index (χ0) is 28.9. The van der Waals surface area contributed by atoms with Gasteiger partial charge in [0.1, 0.15) is 24.4 Å². The molecule has 2 aromatic carbocycles. The van der Waals surface area contributed by atoms with Crippen LogP contribution >= 0.6 is 35.0 Å². The standard InChI is InChI=1S/C28H33Cl2N3O6S/c1-3-38-27(37)33-24(17-40-28(33)11-13-32(2)14-12-28)25(34)31-23(26(35)36)15-18-7-9-19(10-8-18)39-16-20-21(29)5-4-6-22(20)30/h4-10,23-24H,3,11-17H2,1-2H3,(H,31,34)(H,35,36). The van der Waals surface area contributed by atoms with Gasteiger partial charge in [0.25, 0.3) is 0 Å². The monoisotopic (exact) mass is 609 g/mol. The lowest BCUT2D eigenvalue weighted by molar-refractivity contribution is -0.142. The zero-order valence-electron chi connectivity index (χ0n) is 22.4. The van der Waals surface area contributed by atoms with Crippen molar-refractivity contribution < 1.29 is 29.0 Å². The van der Waals surface area contributed by atoms with E-state index in [0.717, 1.165) is 13.1 Å². The molecule has 2 saturated heterocycles. The number of hydrogen-bond donors (Lipinski definition) is 2. The fourth-order valence-corrected chi connectivity index (χ4v) is 7.03. The smallest absolute Gasteiger partial charge is 0.411 e. The molecule has 1 spiro atoms. The highest BCUT2D eigenvalue weighted by atomic mass is 35.5. The summed E-state index contributed by atoms with van der Waals surface area (Å²) in [6.45, 7) is 3.67. The molecule has 12 heteroatoms. The normalized spacial score (nSPS) is 19.3. The molecule has 2 unspecified atom stereocenters. The van der Waals surface area contributed by atoms with Crippen LogP contribution in [0, 0.1) is 0 Å². The van der Waals surface area contributed by atoms with Crippen molar-refractivity contribution in [3.63, 3.8) is 0 Å². The zero-order valence-corrected chi connectivity index (χ0v) is 24.7. The van der Waals surface area contributed by atoms with Crippen molar-refractivity contribution in [1.82, 2.24) is 15.1 Å². The SMILES string of the molecule is CCOC(=O)N1C(C(=O)NC(Cc2ccc(OCc3c(Cl)cccc3Cl)cc2)C(=O)O)CSC12CCN(C)CC2. The number of rotatable bonds is 9. The summed E-state index contributed by atoms with van der Waals surface area (Å²) in [5.41, 5.74) is 1.37. The summed E-state index contributed by atoms with van der Waals surface area (Å²) in [7, 11) is 2.02. The Morgan fingerprint density at radius 3 is 2.38 bits per heavy atom. The third-order valence-electron chi connectivity index (χ3n) is 7.22. The van der Waals surface area contributed by atoms with Gasteiger partial charge in [-0.05, 0) is 56.6 Å². The van der Waals surface area contributed by atoms with Crippen LogP contribution in [0.2, 0.25) is 10.0 Å². The van der Waals surface area contributed by atoms with E-state index in [2.05, 4.69) is 10.2 Å². The molecule has 0 saturated carbocycles. The molecule has 2 aliphatic rings. The van der Waals surface area contributed by atoms with E-state index >= 15 is 0 Å². The molecule has 40 heavy (non-hydrogen) atoms. The van der Waals surface area contributed by atoms with Crippen LogP contribution in [0.15, 0.2) is 42.5 Å². The second kappa shape index (κ2) is 13.3. The topological polar surface area (TPSA) is 108 Å². The van der Waals surface area contributed by atoms with Crippen LogP contribution in [0.1, 0.15) is 30.9 Å². The van der Waals surface area contributed by atoms with Gasteiger partial charge in [0.15, 0.2) is 0 Å². The maximum atomic E-state index is 13.4. The number of benzene rings is 2. The maximum absolute atomic E-state index is 13.4. The molecule has 2 N–H and O–H groups in total. The number of likely N-dealkylation sites (tertiary alicyclic amines) is 1. The molecule has 216 valence electrons. The molecule has 0 aliphatic carbocycles. The first kappa shape index (κ1) is 30.3. The van der Waals surface area contributed by atoms with Gasteiger partial charge in [-0.1, -0.05) is 41.4 Å². The van der Waals surface area contributed by atoms with Crippen molar-refractivity contribution in [3.05, 3.63) is 63.6 Å². The van der Waals surface area contributed by atoms with Gasteiger partial charge < -0.3 is 24.8 Å². The average Bonchev–Trinajstić information content (AvgIpc) is 3.29. The van der Waals surface area contributed by atoms with Gasteiger partial charge in [-0.15, -0.1) is 11.8 Å². The van der Waals surface area contributed by atoms with Crippen molar-refractivity contribution in [2.45, 2.75) is 49.7 Å². The molecule has 2 aromatic rings. The van der Waals surface area contributed by atoms with E-state index in [9.17, 15) is 19.5 Å². The Labute approximate surface area is 248 Å². The molecule has 0 radical (unpaired) electrons. The molecule has 2 heterocycles. The van der Waals surface area contributed by atoms with Gasteiger partial charge in [0.2, 0.25) is 5.91 Å². The van der Waals surface area contributed by atoms with Crippen LogP contribution in [0.5, 0.6) is 5.75 Å². The van der Waals surface area contributed by atoms with Crippen molar-refractivity contribution in [2.75, 3.05) is 32.5 Å². The van der Waals surface area contributed by atoms with E-state index in [1.165, 1.54) is 0 Å². The quantitative estimate of drug-likeness (QED) is 0.422. The largest absolute Gasteiger partial charge is 0.489 e. The van der Waals surface area contributed by atoms with Crippen LogP contribution < -0.4 is 10.1 Å². The molecule has 2 atom stereocenters. The first-order chi connectivity index (χ1) is 19.1. The first-order valence-corrected chi connectivity index (χ1v) is 14.8. The Hall–Kier alpha value is -2.66. The third kappa shape index (κ3) is 6.97. The van der Waals surface area contributed by atoms with Gasteiger partial charge in [-0.25, -0.2) is 9.59 Å². The van der Waals surface area contributed by atoms with E-state index < -0.39 is 34.9 Å². The Balaban J connectivity index is 1.41. The lowest BCUT2D eigenvalue weighted by Gasteiger charge is -2.43. The van der Waals surface area contributed by atoms with E-state index in [1.54, 1.807) is 66.1 Å². The number of carbonyl (C=O) groups is 3. The van der Waals surface area contributed by atoms with Crippen molar-refractivity contribution in [3.8, 4) is 5.75 Å². The molecule has 2 aliphatic heterocycles. The van der Waals surface area contributed by atoms with Crippen molar-refractivity contribution in [1.29, 1.82) is 0 Å². The van der Waals surface area contributed by atoms with Crippen LogP contribution in [0.25, 0.3) is 0 Å². The number of aliphatic carboxylic acids is 1. The molecular weight excluding hydrogens is 577 g/mol. The predicted molar refractivity (Wildman–Crippen MR) is 155 cm³/mol. The number of carboxylic acid groups (broad SMARTS) is 1. The number of carboxylic acids is 1. The van der Waals surface area contributed by atoms with Gasteiger partial charge in [0, 0.05) is 40.9 Å². The van der Waals surface area contributed by atoms with Gasteiger partial charge >= 0.3 is 12.1 Å². The second-order valence-corrected chi connectivity index (χ2v) is 12.1. The lowest BCUT2D eigenvalue weighted by atomic mass is 10.0. The number of carbonyl (C=O) groups excluding carboxylic acids is 2. The number of nitrogens with one attached hydrogen (secondary N) is 1. The van der Waals surface area contributed by atoms with E-state index in [-0.39, 0.29) is 19.6 Å². The molecule has 2 amide bonds. The summed E-state index contributed by atoms with van der Waals surface area (Å²) >= 11 is 14.0. The second-order valence-electron chi connectivity index (χ2n) is 9.88. The van der Waals surface area contributed by atoms with Crippen LogP contribution in [0.4, 0.5) is 4.79 Å². The minimum Gasteiger partial charge on any atom is -0.489 e.